The van der Waals surface area contributed by atoms with Gasteiger partial charge in [0.1, 0.15) is 0 Å². The summed E-state index contributed by atoms with van der Waals surface area (Å²) in [6.45, 7) is 4.67. The molecule has 0 unspecified atom stereocenters. The molecule has 4 heteroatoms. The van der Waals surface area contributed by atoms with E-state index in [0.29, 0.717) is 6.54 Å². The van der Waals surface area contributed by atoms with E-state index in [1.807, 2.05) is 25.4 Å². The maximum Gasteiger partial charge on any atom is 0.246 e. The van der Waals surface area contributed by atoms with Gasteiger partial charge in [0.25, 0.3) is 0 Å². The van der Waals surface area contributed by atoms with Crippen LogP contribution in [0, 0.1) is 13.8 Å². The first-order valence-corrected chi connectivity index (χ1v) is 6.93. The normalized spacial score (nSPS) is 11.0. The van der Waals surface area contributed by atoms with Gasteiger partial charge in [-0.25, -0.2) is 0 Å². The number of aryl methyl sites for hydroxylation is 3. The molecule has 0 N–H and O–H groups in total. The maximum absolute atomic E-state index is 12.1. The molecule has 0 aliphatic carbocycles. The summed E-state index contributed by atoms with van der Waals surface area (Å²) in [6, 6.07) is 6.20. The van der Waals surface area contributed by atoms with Gasteiger partial charge in [-0.2, -0.15) is 5.10 Å². The van der Waals surface area contributed by atoms with Crippen molar-refractivity contribution in [1.82, 2.24) is 14.7 Å². The van der Waals surface area contributed by atoms with Gasteiger partial charge in [-0.05, 0) is 31.1 Å². The third-order valence-electron chi connectivity index (χ3n) is 3.39. The van der Waals surface area contributed by atoms with Crippen LogP contribution in [0.4, 0.5) is 0 Å². The molecule has 21 heavy (non-hydrogen) atoms. The quantitative estimate of drug-likeness (QED) is 0.809. The third-order valence-corrected chi connectivity index (χ3v) is 3.39. The van der Waals surface area contributed by atoms with Gasteiger partial charge in [0.05, 0.1) is 6.20 Å². The Morgan fingerprint density at radius 1 is 1.38 bits per heavy atom. The molecule has 0 saturated heterocycles. The van der Waals surface area contributed by atoms with Gasteiger partial charge >= 0.3 is 0 Å². The van der Waals surface area contributed by atoms with Crippen LogP contribution in [0.2, 0.25) is 0 Å². The largest absolute Gasteiger partial charge is 0.338 e. The smallest absolute Gasteiger partial charge is 0.246 e. The number of nitrogens with zero attached hydrogens (tertiary/aromatic N) is 3. The topological polar surface area (TPSA) is 38.1 Å². The van der Waals surface area contributed by atoms with Gasteiger partial charge in [0, 0.05) is 38.5 Å². The van der Waals surface area contributed by atoms with Crippen molar-refractivity contribution in [3.05, 3.63) is 58.9 Å². The molecule has 0 saturated carbocycles. The number of rotatable bonds is 4. The van der Waals surface area contributed by atoms with Crippen LogP contribution in [0.3, 0.4) is 0 Å². The summed E-state index contributed by atoms with van der Waals surface area (Å²) in [5, 5.41) is 4.10. The molecule has 1 aromatic heterocycles. The van der Waals surface area contributed by atoms with E-state index in [1.54, 1.807) is 28.9 Å². The standard InChI is InChI=1S/C17H21N3O/c1-13-5-6-16(14(2)9-13)7-8-17(21)19(3)11-15-10-18-20(4)12-15/h5-10,12H,11H2,1-4H3/b8-7+. The number of carbonyl (C=O) groups excluding carboxylic acids is 1. The number of benzene rings is 1. The molecular formula is C17H21N3O. The van der Waals surface area contributed by atoms with Crippen LogP contribution in [0.1, 0.15) is 22.3 Å². The lowest BCUT2D eigenvalue weighted by Gasteiger charge is -2.13. The third kappa shape index (κ3) is 4.05. The lowest BCUT2D eigenvalue weighted by Crippen LogP contribution is -2.23. The molecule has 0 fully saturated rings. The van der Waals surface area contributed by atoms with Crippen LogP contribution < -0.4 is 0 Å². The van der Waals surface area contributed by atoms with Gasteiger partial charge in [-0.3, -0.25) is 9.48 Å². The molecule has 1 heterocycles. The van der Waals surface area contributed by atoms with Crippen molar-refractivity contribution in [1.29, 1.82) is 0 Å². The number of likely N-dealkylation sites (N-methyl/N-ethyl adjacent to an activating group) is 1. The Kier molecular flexibility index (Phi) is 4.58. The molecule has 4 nitrogen and oxygen atoms in total. The van der Waals surface area contributed by atoms with Crippen molar-refractivity contribution < 1.29 is 4.79 Å². The molecule has 1 aromatic carbocycles. The fourth-order valence-corrected chi connectivity index (χ4v) is 2.21. The van der Waals surface area contributed by atoms with Crippen LogP contribution in [-0.4, -0.2) is 27.6 Å². The van der Waals surface area contributed by atoms with E-state index < -0.39 is 0 Å². The highest BCUT2D eigenvalue weighted by atomic mass is 16.2. The summed E-state index contributed by atoms with van der Waals surface area (Å²) in [4.78, 5) is 13.8. The lowest BCUT2D eigenvalue weighted by molar-refractivity contribution is -0.125. The van der Waals surface area contributed by atoms with Crippen LogP contribution in [0.15, 0.2) is 36.7 Å². The Hall–Kier alpha value is -2.36. The molecule has 1 amide bonds. The number of carbonyl (C=O) groups is 1. The van der Waals surface area contributed by atoms with E-state index in [-0.39, 0.29) is 5.91 Å². The molecule has 110 valence electrons. The average Bonchev–Trinajstić information content (AvgIpc) is 2.82. The minimum atomic E-state index is -0.0150. The van der Waals surface area contributed by atoms with Crippen molar-refractivity contribution in [3.63, 3.8) is 0 Å². The fourth-order valence-electron chi connectivity index (χ4n) is 2.21. The molecule has 0 bridgehead atoms. The van der Waals surface area contributed by atoms with E-state index >= 15 is 0 Å². The summed E-state index contributed by atoms with van der Waals surface area (Å²) in [5.41, 5.74) is 4.50. The zero-order valence-corrected chi connectivity index (χ0v) is 13.0. The Balaban J connectivity index is 2.01. The SMILES string of the molecule is Cc1ccc(/C=C/C(=O)N(C)Cc2cnn(C)c2)c(C)c1. The molecule has 0 atom stereocenters. The first-order chi connectivity index (χ1) is 9.95. The highest BCUT2D eigenvalue weighted by Gasteiger charge is 2.07. The second-order valence-electron chi connectivity index (χ2n) is 5.41. The van der Waals surface area contributed by atoms with Crippen LogP contribution in [0.25, 0.3) is 6.08 Å². The van der Waals surface area contributed by atoms with Crippen molar-refractivity contribution in [2.24, 2.45) is 7.05 Å². The zero-order chi connectivity index (χ0) is 15.4. The molecule has 0 aliphatic heterocycles. The van der Waals surface area contributed by atoms with Gasteiger partial charge in [-0.1, -0.05) is 23.8 Å². The number of hydrogen-bond acceptors (Lipinski definition) is 2. The fraction of sp³-hybridized carbons (Fsp3) is 0.294. The highest BCUT2D eigenvalue weighted by Crippen LogP contribution is 2.12. The van der Waals surface area contributed by atoms with Crippen LogP contribution >= 0.6 is 0 Å². The minimum Gasteiger partial charge on any atom is -0.338 e. The van der Waals surface area contributed by atoms with Gasteiger partial charge in [-0.15, -0.1) is 0 Å². The van der Waals surface area contributed by atoms with E-state index in [9.17, 15) is 4.79 Å². The van der Waals surface area contributed by atoms with E-state index in [4.69, 9.17) is 0 Å². The molecule has 0 spiro atoms. The molecule has 2 rings (SSSR count). The molecule has 0 aliphatic rings. The number of aromatic nitrogens is 2. The van der Waals surface area contributed by atoms with Crippen molar-refractivity contribution in [2.45, 2.75) is 20.4 Å². The predicted octanol–water partition coefficient (Wildman–Crippen LogP) is 2.71. The average molecular weight is 283 g/mol. The predicted molar refractivity (Wildman–Crippen MR) is 84.6 cm³/mol. The molecule has 2 aromatic rings. The highest BCUT2D eigenvalue weighted by molar-refractivity contribution is 5.91. The van der Waals surface area contributed by atoms with E-state index in [1.165, 1.54) is 11.1 Å². The van der Waals surface area contributed by atoms with Crippen LogP contribution in [-0.2, 0) is 18.4 Å². The zero-order valence-electron chi connectivity index (χ0n) is 13.0. The minimum absolute atomic E-state index is 0.0150. The Labute approximate surface area is 125 Å². The second kappa shape index (κ2) is 6.39. The summed E-state index contributed by atoms with van der Waals surface area (Å²) >= 11 is 0. The Morgan fingerprint density at radius 2 is 2.14 bits per heavy atom. The van der Waals surface area contributed by atoms with Gasteiger partial charge in [0.15, 0.2) is 0 Å². The van der Waals surface area contributed by atoms with Crippen molar-refractivity contribution in [3.8, 4) is 0 Å². The van der Waals surface area contributed by atoms with E-state index in [0.717, 1.165) is 11.1 Å². The second-order valence-corrected chi connectivity index (χ2v) is 5.41. The van der Waals surface area contributed by atoms with E-state index in [2.05, 4.69) is 31.1 Å². The van der Waals surface area contributed by atoms with Gasteiger partial charge in [0.2, 0.25) is 5.91 Å². The lowest BCUT2D eigenvalue weighted by atomic mass is 10.1. The number of amides is 1. The molecular weight excluding hydrogens is 262 g/mol. The molecule has 0 radical (unpaired) electrons. The van der Waals surface area contributed by atoms with Crippen molar-refractivity contribution in [2.75, 3.05) is 7.05 Å². The Bertz CT molecular complexity index is 670. The first kappa shape index (κ1) is 15.0. The summed E-state index contributed by atoms with van der Waals surface area (Å²) < 4.78 is 1.74. The first-order valence-electron chi connectivity index (χ1n) is 6.93. The monoisotopic (exact) mass is 283 g/mol. The summed E-state index contributed by atoms with van der Waals surface area (Å²) in [5.74, 6) is -0.0150. The Morgan fingerprint density at radius 3 is 2.76 bits per heavy atom. The maximum atomic E-state index is 12.1. The number of hydrogen-bond donors (Lipinski definition) is 0. The van der Waals surface area contributed by atoms with Crippen LogP contribution in [0.5, 0.6) is 0 Å². The van der Waals surface area contributed by atoms with Gasteiger partial charge < -0.3 is 4.90 Å². The van der Waals surface area contributed by atoms with Crippen molar-refractivity contribution >= 4 is 12.0 Å². The summed E-state index contributed by atoms with van der Waals surface area (Å²) in [6.07, 6.45) is 7.18. The summed E-state index contributed by atoms with van der Waals surface area (Å²) in [7, 11) is 3.66.